The third-order valence-electron chi connectivity index (χ3n) is 3.54. The lowest BCUT2D eigenvalue weighted by molar-refractivity contribution is -0.141. The maximum absolute atomic E-state index is 12.7. The van der Waals surface area contributed by atoms with Gasteiger partial charge in [-0.2, -0.15) is 13.2 Å². The van der Waals surface area contributed by atoms with Crippen molar-refractivity contribution < 1.29 is 18.0 Å². The van der Waals surface area contributed by atoms with E-state index in [9.17, 15) is 18.0 Å². The van der Waals surface area contributed by atoms with Gasteiger partial charge in [-0.25, -0.2) is 9.97 Å². The van der Waals surface area contributed by atoms with Crippen LogP contribution in [-0.2, 0) is 11.0 Å². The summed E-state index contributed by atoms with van der Waals surface area (Å²) in [6.07, 6.45) is -3.52. The van der Waals surface area contributed by atoms with Crippen LogP contribution in [0.15, 0.2) is 72.0 Å². The largest absolute Gasteiger partial charge is 0.433 e. The monoisotopic (exact) mass is 389 g/mol. The van der Waals surface area contributed by atoms with Gasteiger partial charge in [-0.3, -0.25) is 4.79 Å². The van der Waals surface area contributed by atoms with Crippen LogP contribution in [0.5, 0.6) is 0 Å². The Morgan fingerprint density at radius 2 is 1.70 bits per heavy atom. The van der Waals surface area contributed by atoms with Crippen LogP contribution in [0.3, 0.4) is 0 Å². The van der Waals surface area contributed by atoms with E-state index in [1.54, 1.807) is 12.1 Å². The fourth-order valence-corrected chi connectivity index (χ4v) is 2.98. The zero-order valence-corrected chi connectivity index (χ0v) is 14.7. The van der Waals surface area contributed by atoms with Crippen molar-refractivity contribution in [1.82, 2.24) is 9.97 Å². The summed E-state index contributed by atoms with van der Waals surface area (Å²) in [5.74, 6) is -0.464. The molecule has 0 saturated carbocycles. The van der Waals surface area contributed by atoms with Crippen LogP contribution in [0.25, 0.3) is 11.1 Å². The predicted octanol–water partition coefficient (Wildman–Crippen LogP) is 4.89. The van der Waals surface area contributed by atoms with Crippen LogP contribution in [0.4, 0.5) is 18.9 Å². The molecular weight excluding hydrogens is 375 g/mol. The molecule has 0 spiro atoms. The van der Waals surface area contributed by atoms with Crippen LogP contribution in [0.2, 0.25) is 0 Å². The highest BCUT2D eigenvalue weighted by atomic mass is 32.2. The van der Waals surface area contributed by atoms with Gasteiger partial charge in [0, 0.05) is 17.4 Å². The van der Waals surface area contributed by atoms with Gasteiger partial charge in [0.05, 0.1) is 5.75 Å². The van der Waals surface area contributed by atoms with Crippen LogP contribution >= 0.6 is 11.8 Å². The van der Waals surface area contributed by atoms with Gasteiger partial charge in [-0.05, 0) is 17.7 Å². The molecule has 1 aromatic heterocycles. The van der Waals surface area contributed by atoms with E-state index in [0.717, 1.165) is 35.2 Å². The molecule has 0 unspecified atom stereocenters. The summed E-state index contributed by atoms with van der Waals surface area (Å²) < 4.78 is 38.0. The minimum atomic E-state index is -4.55. The number of hydrogen-bond acceptors (Lipinski definition) is 4. The van der Waals surface area contributed by atoms with E-state index in [-0.39, 0.29) is 16.8 Å². The predicted molar refractivity (Wildman–Crippen MR) is 98.3 cm³/mol. The fraction of sp³-hybridized carbons (Fsp3) is 0.105. The molecule has 8 heteroatoms. The molecule has 0 fully saturated rings. The molecule has 1 heterocycles. The summed E-state index contributed by atoms with van der Waals surface area (Å²) in [4.78, 5) is 19.4. The molecule has 1 N–H and O–H groups in total. The Balaban J connectivity index is 1.68. The molecule has 0 saturated heterocycles. The molecule has 4 nitrogen and oxygen atoms in total. The lowest BCUT2D eigenvalue weighted by atomic mass is 10.0. The van der Waals surface area contributed by atoms with Crippen molar-refractivity contribution in [3.8, 4) is 11.1 Å². The molecule has 27 heavy (non-hydrogen) atoms. The van der Waals surface area contributed by atoms with Gasteiger partial charge in [-0.15, -0.1) is 0 Å². The Labute approximate surface area is 157 Å². The van der Waals surface area contributed by atoms with Crippen molar-refractivity contribution >= 4 is 23.4 Å². The Hall–Kier alpha value is -2.87. The van der Waals surface area contributed by atoms with E-state index >= 15 is 0 Å². The zero-order chi connectivity index (χ0) is 19.3. The number of nitrogens with zero attached hydrogens (tertiary/aromatic N) is 2. The number of aromatic nitrogens is 2. The topological polar surface area (TPSA) is 54.9 Å². The molecule has 0 aliphatic heterocycles. The van der Waals surface area contributed by atoms with E-state index in [1.165, 1.54) is 0 Å². The van der Waals surface area contributed by atoms with Gasteiger partial charge in [0.15, 0.2) is 5.16 Å². The molecule has 0 aliphatic rings. The Morgan fingerprint density at radius 1 is 1.00 bits per heavy atom. The van der Waals surface area contributed by atoms with E-state index in [4.69, 9.17) is 0 Å². The van der Waals surface area contributed by atoms with E-state index in [0.29, 0.717) is 5.69 Å². The number of hydrogen-bond donors (Lipinski definition) is 1. The van der Waals surface area contributed by atoms with Gasteiger partial charge in [0.25, 0.3) is 0 Å². The lowest BCUT2D eigenvalue weighted by Crippen LogP contribution is -2.15. The lowest BCUT2D eigenvalue weighted by Gasteiger charge is -2.11. The number of nitrogens with one attached hydrogen (secondary N) is 1. The normalized spacial score (nSPS) is 11.2. The average Bonchev–Trinajstić information content (AvgIpc) is 2.67. The first-order chi connectivity index (χ1) is 12.9. The number of benzene rings is 2. The van der Waals surface area contributed by atoms with E-state index in [1.807, 2.05) is 42.5 Å². The second-order valence-electron chi connectivity index (χ2n) is 5.47. The number of thioether (sulfide) groups is 1. The maximum Gasteiger partial charge on any atom is 0.433 e. The number of para-hydroxylation sites is 1. The van der Waals surface area contributed by atoms with E-state index < -0.39 is 11.9 Å². The molecule has 138 valence electrons. The number of carbonyl (C=O) groups is 1. The summed E-state index contributed by atoms with van der Waals surface area (Å²) in [5.41, 5.74) is 1.39. The Kier molecular flexibility index (Phi) is 5.75. The summed E-state index contributed by atoms with van der Waals surface area (Å²) in [5, 5.41) is 2.69. The minimum Gasteiger partial charge on any atom is -0.325 e. The van der Waals surface area contributed by atoms with Crippen LogP contribution in [0, 0.1) is 0 Å². The van der Waals surface area contributed by atoms with E-state index in [2.05, 4.69) is 15.3 Å². The quantitative estimate of drug-likeness (QED) is 0.498. The number of amides is 1. The number of rotatable bonds is 5. The van der Waals surface area contributed by atoms with Crippen LogP contribution in [0.1, 0.15) is 5.69 Å². The number of carbonyl (C=O) groups excluding carboxylic acids is 1. The zero-order valence-electron chi connectivity index (χ0n) is 13.9. The molecular formula is C19H14F3N3OS. The van der Waals surface area contributed by atoms with Crippen molar-refractivity contribution in [3.63, 3.8) is 0 Å². The second kappa shape index (κ2) is 8.22. The first kappa shape index (κ1) is 18.9. The highest BCUT2D eigenvalue weighted by Crippen LogP contribution is 2.29. The first-order valence-electron chi connectivity index (χ1n) is 7.91. The second-order valence-corrected chi connectivity index (χ2v) is 6.41. The third kappa shape index (κ3) is 5.07. The average molecular weight is 389 g/mol. The van der Waals surface area contributed by atoms with Gasteiger partial charge < -0.3 is 5.32 Å². The molecule has 0 radical (unpaired) electrons. The summed E-state index contributed by atoms with van der Waals surface area (Å²) in [6.45, 7) is 0. The Morgan fingerprint density at radius 3 is 2.44 bits per heavy atom. The van der Waals surface area contributed by atoms with Gasteiger partial charge >= 0.3 is 6.18 Å². The SMILES string of the molecule is O=C(CSc1nccc(C(F)(F)F)n1)Nc1ccccc1-c1ccccc1. The molecule has 3 rings (SSSR count). The van der Waals surface area contributed by atoms with Crippen molar-refractivity contribution in [2.45, 2.75) is 11.3 Å². The first-order valence-corrected chi connectivity index (χ1v) is 8.89. The molecule has 0 aliphatic carbocycles. The summed E-state index contributed by atoms with van der Waals surface area (Å²) >= 11 is 0.845. The minimum absolute atomic E-state index is 0.101. The summed E-state index contributed by atoms with van der Waals surface area (Å²) in [6, 6.07) is 17.7. The smallest absolute Gasteiger partial charge is 0.325 e. The number of alkyl halides is 3. The van der Waals surface area contributed by atoms with Crippen LogP contribution in [-0.4, -0.2) is 21.6 Å². The Bertz CT molecular complexity index is 933. The van der Waals surface area contributed by atoms with Crippen molar-refractivity contribution in [2.75, 3.05) is 11.1 Å². The van der Waals surface area contributed by atoms with Crippen molar-refractivity contribution in [2.24, 2.45) is 0 Å². The van der Waals surface area contributed by atoms with Gasteiger partial charge in [-0.1, -0.05) is 60.3 Å². The van der Waals surface area contributed by atoms with Gasteiger partial charge in [0.1, 0.15) is 5.69 Å². The van der Waals surface area contributed by atoms with Crippen molar-refractivity contribution in [3.05, 3.63) is 72.6 Å². The van der Waals surface area contributed by atoms with Gasteiger partial charge in [0.2, 0.25) is 5.91 Å². The fourth-order valence-electron chi connectivity index (χ4n) is 2.35. The standard InChI is InChI=1S/C19H14F3N3OS/c20-19(21,22)16-10-11-23-18(25-16)27-12-17(26)24-15-9-5-4-8-14(15)13-6-2-1-3-7-13/h1-11H,12H2,(H,24,26). The highest BCUT2D eigenvalue weighted by molar-refractivity contribution is 7.99. The van der Waals surface area contributed by atoms with Crippen LogP contribution < -0.4 is 5.32 Å². The molecule has 0 bridgehead atoms. The molecule has 3 aromatic rings. The number of halogens is 3. The molecule has 1 amide bonds. The summed E-state index contributed by atoms with van der Waals surface area (Å²) in [7, 11) is 0. The maximum atomic E-state index is 12.7. The number of anilines is 1. The molecule has 0 atom stereocenters. The molecule has 2 aromatic carbocycles. The third-order valence-corrected chi connectivity index (χ3v) is 4.40. The van der Waals surface area contributed by atoms with Crippen molar-refractivity contribution in [1.29, 1.82) is 0 Å². The highest BCUT2D eigenvalue weighted by Gasteiger charge is 2.32.